The summed E-state index contributed by atoms with van der Waals surface area (Å²) >= 11 is 1.58. The van der Waals surface area contributed by atoms with E-state index in [1.807, 2.05) is 35.0 Å². The SMILES string of the molecule is COc1ccc(N2CCC(C(=O)Nc3ccsc3)C2)cc1OC. The molecule has 0 radical (unpaired) electrons. The highest BCUT2D eigenvalue weighted by Gasteiger charge is 2.29. The van der Waals surface area contributed by atoms with Crippen LogP contribution >= 0.6 is 11.3 Å². The van der Waals surface area contributed by atoms with Crippen LogP contribution in [0.15, 0.2) is 35.0 Å². The van der Waals surface area contributed by atoms with Gasteiger partial charge in [-0.2, -0.15) is 11.3 Å². The predicted molar refractivity (Wildman–Crippen MR) is 92.8 cm³/mol. The van der Waals surface area contributed by atoms with Gasteiger partial charge in [0.15, 0.2) is 11.5 Å². The van der Waals surface area contributed by atoms with Gasteiger partial charge in [-0.05, 0) is 30.0 Å². The minimum absolute atomic E-state index is 0.00277. The van der Waals surface area contributed by atoms with Gasteiger partial charge < -0.3 is 19.7 Å². The predicted octanol–water partition coefficient (Wildman–Crippen LogP) is 3.23. The number of hydrogen-bond donors (Lipinski definition) is 1. The second-order valence-electron chi connectivity index (χ2n) is 5.47. The summed E-state index contributed by atoms with van der Waals surface area (Å²) in [5.41, 5.74) is 1.93. The van der Waals surface area contributed by atoms with Crippen molar-refractivity contribution in [2.45, 2.75) is 6.42 Å². The maximum absolute atomic E-state index is 12.3. The van der Waals surface area contributed by atoms with Crippen LogP contribution in [0.1, 0.15) is 6.42 Å². The number of methoxy groups -OCH3 is 2. The molecule has 1 atom stereocenters. The van der Waals surface area contributed by atoms with Crippen molar-refractivity contribution in [2.24, 2.45) is 5.92 Å². The Kier molecular flexibility index (Phi) is 4.71. The molecule has 0 aliphatic carbocycles. The number of hydrogen-bond acceptors (Lipinski definition) is 5. The second kappa shape index (κ2) is 6.91. The number of benzene rings is 1. The van der Waals surface area contributed by atoms with Crippen molar-refractivity contribution in [2.75, 3.05) is 37.5 Å². The first-order valence-electron chi connectivity index (χ1n) is 7.51. The van der Waals surface area contributed by atoms with Crippen LogP contribution in [0.3, 0.4) is 0 Å². The Hall–Kier alpha value is -2.21. The number of nitrogens with zero attached hydrogens (tertiary/aromatic N) is 1. The van der Waals surface area contributed by atoms with Crippen LogP contribution in [0, 0.1) is 5.92 Å². The van der Waals surface area contributed by atoms with E-state index in [1.54, 1.807) is 25.6 Å². The van der Waals surface area contributed by atoms with Gasteiger partial charge in [-0.1, -0.05) is 0 Å². The lowest BCUT2D eigenvalue weighted by Gasteiger charge is -2.20. The summed E-state index contributed by atoms with van der Waals surface area (Å²) in [5.74, 6) is 1.51. The van der Waals surface area contributed by atoms with E-state index in [0.29, 0.717) is 18.0 Å². The summed E-state index contributed by atoms with van der Waals surface area (Å²) in [7, 11) is 3.25. The van der Waals surface area contributed by atoms with Crippen LogP contribution in [0.4, 0.5) is 11.4 Å². The molecule has 1 aliphatic heterocycles. The van der Waals surface area contributed by atoms with Crippen molar-refractivity contribution in [3.63, 3.8) is 0 Å². The van der Waals surface area contributed by atoms with Gasteiger partial charge in [0.2, 0.25) is 5.91 Å². The molecule has 23 heavy (non-hydrogen) atoms. The molecular formula is C17H20N2O3S. The summed E-state index contributed by atoms with van der Waals surface area (Å²) in [6, 6.07) is 7.77. The van der Waals surface area contributed by atoms with Crippen LogP contribution in [0.5, 0.6) is 11.5 Å². The van der Waals surface area contributed by atoms with E-state index in [4.69, 9.17) is 9.47 Å². The van der Waals surface area contributed by atoms with Gasteiger partial charge in [-0.25, -0.2) is 0 Å². The van der Waals surface area contributed by atoms with Crippen molar-refractivity contribution in [3.05, 3.63) is 35.0 Å². The number of carbonyl (C=O) groups excluding carboxylic acids is 1. The fourth-order valence-corrected chi connectivity index (χ4v) is 3.40. The van der Waals surface area contributed by atoms with Crippen LogP contribution in [0.25, 0.3) is 0 Å². The number of amides is 1. The third-order valence-corrected chi connectivity index (χ3v) is 4.76. The molecule has 1 amide bonds. The molecule has 1 unspecified atom stereocenters. The van der Waals surface area contributed by atoms with E-state index in [2.05, 4.69) is 10.2 Å². The maximum atomic E-state index is 12.3. The molecule has 2 heterocycles. The molecule has 0 bridgehead atoms. The van der Waals surface area contributed by atoms with Gasteiger partial charge in [0, 0.05) is 30.2 Å². The van der Waals surface area contributed by atoms with Gasteiger partial charge >= 0.3 is 0 Å². The average Bonchev–Trinajstić information content (AvgIpc) is 3.25. The van der Waals surface area contributed by atoms with Crippen molar-refractivity contribution < 1.29 is 14.3 Å². The first-order chi connectivity index (χ1) is 11.2. The molecule has 1 aliphatic rings. The molecule has 5 nitrogen and oxygen atoms in total. The zero-order valence-corrected chi connectivity index (χ0v) is 14.1. The fraction of sp³-hybridized carbons (Fsp3) is 0.353. The Balaban J connectivity index is 1.66. The second-order valence-corrected chi connectivity index (χ2v) is 6.25. The summed E-state index contributed by atoms with van der Waals surface area (Å²) in [4.78, 5) is 14.5. The lowest BCUT2D eigenvalue weighted by molar-refractivity contribution is -0.119. The minimum atomic E-state index is 0.00277. The number of carbonyl (C=O) groups is 1. The normalized spacial score (nSPS) is 17.1. The van der Waals surface area contributed by atoms with Crippen molar-refractivity contribution in [1.29, 1.82) is 0 Å². The molecular weight excluding hydrogens is 312 g/mol. The van der Waals surface area contributed by atoms with E-state index in [1.165, 1.54) is 0 Å². The lowest BCUT2D eigenvalue weighted by Crippen LogP contribution is -2.26. The number of ether oxygens (including phenoxy) is 2. The highest BCUT2D eigenvalue weighted by atomic mass is 32.1. The first-order valence-corrected chi connectivity index (χ1v) is 8.45. The maximum Gasteiger partial charge on any atom is 0.229 e. The molecule has 6 heteroatoms. The largest absolute Gasteiger partial charge is 0.493 e. The monoisotopic (exact) mass is 332 g/mol. The zero-order chi connectivity index (χ0) is 16.2. The highest BCUT2D eigenvalue weighted by molar-refractivity contribution is 7.08. The molecule has 122 valence electrons. The molecule has 3 rings (SSSR count). The molecule has 1 N–H and O–H groups in total. The number of rotatable bonds is 5. The quantitative estimate of drug-likeness (QED) is 0.913. The average molecular weight is 332 g/mol. The molecule has 0 spiro atoms. The van der Waals surface area contributed by atoms with E-state index in [9.17, 15) is 4.79 Å². The van der Waals surface area contributed by atoms with Crippen LogP contribution < -0.4 is 19.7 Å². The Morgan fingerprint density at radius 2 is 2.09 bits per heavy atom. The number of nitrogens with one attached hydrogen (secondary N) is 1. The van der Waals surface area contributed by atoms with Gasteiger partial charge in [-0.3, -0.25) is 4.79 Å². The van der Waals surface area contributed by atoms with E-state index in [-0.39, 0.29) is 11.8 Å². The Morgan fingerprint density at radius 3 is 2.78 bits per heavy atom. The van der Waals surface area contributed by atoms with Crippen molar-refractivity contribution >= 4 is 28.6 Å². The summed E-state index contributed by atoms with van der Waals surface area (Å²) < 4.78 is 10.6. The zero-order valence-electron chi connectivity index (χ0n) is 13.2. The first kappa shape index (κ1) is 15.7. The molecule has 0 saturated carbocycles. The van der Waals surface area contributed by atoms with Gasteiger partial charge in [0.1, 0.15) is 0 Å². The summed E-state index contributed by atoms with van der Waals surface area (Å²) in [6.45, 7) is 1.57. The number of thiophene rings is 1. The third kappa shape index (κ3) is 3.42. The molecule has 1 aromatic heterocycles. The number of anilines is 2. The molecule has 1 fully saturated rings. The van der Waals surface area contributed by atoms with Gasteiger partial charge in [0.05, 0.1) is 25.8 Å². The summed E-state index contributed by atoms with van der Waals surface area (Å²) in [5, 5.41) is 6.88. The minimum Gasteiger partial charge on any atom is -0.493 e. The van der Waals surface area contributed by atoms with E-state index in [0.717, 1.165) is 24.3 Å². The Morgan fingerprint density at radius 1 is 1.26 bits per heavy atom. The lowest BCUT2D eigenvalue weighted by atomic mass is 10.1. The van der Waals surface area contributed by atoms with Crippen LogP contribution in [0.2, 0.25) is 0 Å². The van der Waals surface area contributed by atoms with Gasteiger partial charge in [0.25, 0.3) is 0 Å². The molecule has 2 aromatic rings. The van der Waals surface area contributed by atoms with Crippen molar-refractivity contribution in [1.82, 2.24) is 0 Å². The van der Waals surface area contributed by atoms with E-state index >= 15 is 0 Å². The molecule has 1 saturated heterocycles. The van der Waals surface area contributed by atoms with Gasteiger partial charge in [-0.15, -0.1) is 0 Å². The summed E-state index contributed by atoms with van der Waals surface area (Å²) in [6.07, 6.45) is 0.852. The van der Waals surface area contributed by atoms with Crippen LogP contribution in [-0.2, 0) is 4.79 Å². The van der Waals surface area contributed by atoms with Crippen LogP contribution in [-0.4, -0.2) is 33.2 Å². The Labute approximate surface area is 139 Å². The topological polar surface area (TPSA) is 50.8 Å². The third-order valence-electron chi connectivity index (χ3n) is 4.08. The fourth-order valence-electron chi connectivity index (χ4n) is 2.81. The highest BCUT2D eigenvalue weighted by Crippen LogP contribution is 2.33. The molecule has 1 aromatic carbocycles. The smallest absolute Gasteiger partial charge is 0.229 e. The van der Waals surface area contributed by atoms with Crippen molar-refractivity contribution in [3.8, 4) is 11.5 Å². The standard InChI is InChI=1S/C17H20N2O3S/c1-21-15-4-3-14(9-16(15)22-2)19-7-5-12(10-19)17(20)18-13-6-8-23-11-13/h3-4,6,8-9,11-12H,5,7,10H2,1-2H3,(H,18,20). The Bertz CT molecular complexity index is 672. The van der Waals surface area contributed by atoms with E-state index < -0.39 is 0 Å².